The molecule has 0 saturated heterocycles. The van der Waals surface area contributed by atoms with Crippen LogP contribution in [0.3, 0.4) is 0 Å². The molecule has 2 aromatic rings. The molecule has 0 amide bonds. The highest BCUT2D eigenvalue weighted by Gasteiger charge is 2.15. The Morgan fingerprint density at radius 1 is 0.880 bits per heavy atom. The van der Waals surface area contributed by atoms with Gasteiger partial charge in [-0.05, 0) is 65.1 Å². The van der Waals surface area contributed by atoms with Gasteiger partial charge in [0.25, 0.3) is 0 Å². The largest absolute Gasteiger partial charge is 0.0804 e. The van der Waals surface area contributed by atoms with E-state index in [1.807, 2.05) is 0 Å². The molecule has 134 valence electrons. The standard InChI is InChI=1S/C25H34/c1-3-5-6-7-9-20-10-13-22(14-11-20)24-17-16-23-18-21(8-4-2)12-15-25(23)19-24/h12-13,15-20H,3-11,14H2,1-2H3. The van der Waals surface area contributed by atoms with E-state index in [0.29, 0.717) is 0 Å². The lowest BCUT2D eigenvalue weighted by molar-refractivity contribution is 0.425. The Kier molecular flexibility index (Phi) is 6.73. The van der Waals surface area contributed by atoms with Crippen LogP contribution in [-0.4, -0.2) is 0 Å². The molecule has 0 heteroatoms. The fourth-order valence-electron chi connectivity index (χ4n) is 4.21. The van der Waals surface area contributed by atoms with Crippen molar-refractivity contribution in [3.05, 3.63) is 53.6 Å². The van der Waals surface area contributed by atoms with Gasteiger partial charge in [0.1, 0.15) is 0 Å². The number of hydrogen-bond donors (Lipinski definition) is 0. The van der Waals surface area contributed by atoms with Crippen LogP contribution in [0, 0.1) is 5.92 Å². The summed E-state index contributed by atoms with van der Waals surface area (Å²) in [4.78, 5) is 0. The number of benzene rings is 2. The summed E-state index contributed by atoms with van der Waals surface area (Å²) < 4.78 is 0. The van der Waals surface area contributed by atoms with Crippen molar-refractivity contribution in [2.75, 3.05) is 0 Å². The number of rotatable bonds is 8. The van der Waals surface area contributed by atoms with Crippen molar-refractivity contribution in [3.8, 4) is 0 Å². The maximum absolute atomic E-state index is 2.53. The van der Waals surface area contributed by atoms with Gasteiger partial charge in [0.05, 0.1) is 0 Å². The molecule has 0 saturated carbocycles. The van der Waals surface area contributed by atoms with Crippen molar-refractivity contribution in [3.63, 3.8) is 0 Å². The van der Waals surface area contributed by atoms with Gasteiger partial charge < -0.3 is 0 Å². The molecule has 0 N–H and O–H groups in total. The third kappa shape index (κ3) is 4.97. The SMILES string of the molecule is CCCCCCC1CC=C(c2ccc3cc(CCC)ccc3c2)CC1. The Morgan fingerprint density at radius 3 is 2.48 bits per heavy atom. The molecular formula is C25H34. The van der Waals surface area contributed by atoms with E-state index in [-0.39, 0.29) is 0 Å². The zero-order chi connectivity index (χ0) is 17.5. The molecule has 1 aliphatic carbocycles. The number of hydrogen-bond acceptors (Lipinski definition) is 0. The molecule has 0 heterocycles. The summed E-state index contributed by atoms with van der Waals surface area (Å²) >= 11 is 0. The number of aryl methyl sites for hydroxylation is 1. The van der Waals surface area contributed by atoms with Crippen LogP contribution in [0.2, 0.25) is 0 Å². The molecule has 0 nitrogen and oxygen atoms in total. The van der Waals surface area contributed by atoms with Crippen LogP contribution in [0.5, 0.6) is 0 Å². The number of fused-ring (bicyclic) bond motifs is 1. The van der Waals surface area contributed by atoms with Gasteiger partial charge >= 0.3 is 0 Å². The van der Waals surface area contributed by atoms with Crippen LogP contribution >= 0.6 is 0 Å². The molecule has 0 radical (unpaired) electrons. The number of unbranched alkanes of at least 4 members (excludes halogenated alkanes) is 3. The molecule has 1 unspecified atom stereocenters. The average molecular weight is 335 g/mol. The van der Waals surface area contributed by atoms with E-state index in [4.69, 9.17) is 0 Å². The summed E-state index contributed by atoms with van der Waals surface area (Å²) in [6.45, 7) is 4.55. The van der Waals surface area contributed by atoms with Crippen LogP contribution in [0.4, 0.5) is 0 Å². The molecule has 0 aromatic heterocycles. The number of allylic oxidation sites excluding steroid dienone is 2. The first-order valence-corrected chi connectivity index (χ1v) is 10.5. The minimum atomic E-state index is 0.928. The zero-order valence-corrected chi connectivity index (χ0v) is 16.2. The normalized spacial score (nSPS) is 17.7. The lowest BCUT2D eigenvalue weighted by Gasteiger charge is -2.22. The van der Waals surface area contributed by atoms with E-state index >= 15 is 0 Å². The molecule has 0 bridgehead atoms. The van der Waals surface area contributed by atoms with Crippen molar-refractivity contribution in [2.24, 2.45) is 5.92 Å². The summed E-state index contributed by atoms with van der Waals surface area (Å²) in [5.41, 5.74) is 4.48. The first-order valence-electron chi connectivity index (χ1n) is 10.5. The first kappa shape index (κ1) is 18.2. The molecule has 3 rings (SSSR count). The second-order valence-corrected chi connectivity index (χ2v) is 7.87. The van der Waals surface area contributed by atoms with Crippen LogP contribution in [0.1, 0.15) is 82.8 Å². The third-order valence-electron chi connectivity index (χ3n) is 5.80. The van der Waals surface area contributed by atoms with Crippen LogP contribution < -0.4 is 0 Å². The first-order chi connectivity index (χ1) is 12.3. The summed E-state index contributed by atoms with van der Waals surface area (Å²) in [6.07, 6.45) is 15.9. The van der Waals surface area contributed by atoms with E-state index in [2.05, 4.69) is 56.3 Å². The van der Waals surface area contributed by atoms with Crippen molar-refractivity contribution >= 4 is 16.3 Å². The Balaban J connectivity index is 1.64. The molecule has 2 aromatic carbocycles. The molecule has 1 aliphatic rings. The van der Waals surface area contributed by atoms with Gasteiger partial charge in [0.2, 0.25) is 0 Å². The van der Waals surface area contributed by atoms with Gasteiger partial charge in [-0.1, -0.05) is 88.8 Å². The molecule has 0 aliphatic heterocycles. The molecular weight excluding hydrogens is 300 g/mol. The van der Waals surface area contributed by atoms with Gasteiger partial charge in [-0.15, -0.1) is 0 Å². The smallest absolute Gasteiger partial charge is 0.0178 e. The van der Waals surface area contributed by atoms with Crippen LogP contribution in [-0.2, 0) is 6.42 Å². The molecule has 0 spiro atoms. The Bertz CT molecular complexity index is 707. The van der Waals surface area contributed by atoms with E-state index in [9.17, 15) is 0 Å². The van der Waals surface area contributed by atoms with E-state index in [1.165, 1.54) is 86.1 Å². The highest BCUT2D eigenvalue weighted by atomic mass is 14.2. The summed E-state index contributed by atoms with van der Waals surface area (Å²) in [7, 11) is 0. The topological polar surface area (TPSA) is 0 Å². The zero-order valence-electron chi connectivity index (χ0n) is 16.2. The minimum absolute atomic E-state index is 0.928. The predicted molar refractivity (Wildman–Crippen MR) is 112 cm³/mol. The maximum Gasteiger partial charge on any atom is -0.0178 e. The lowest BCUT2D eigenvalue weighted by Crippen LogP contribution is -2.05. The summed E-state index contributed by atoms with van der Waals surface area (Å²) in [5.74, 6) is 0.928. The van der Waals surface area contributed by atoms with Crippen molar-refractivity contribution < 1.29 is 0 Å². The van der Waals surface area contributed by atoms with Crippen LogP contribution in [0.15, 0.2) is 42.5 Å². The second kappa shape index (κ2) is 9.22. The quantitative estimate of drug-likeness (QED) is 0.430. The van der Waals surface area contributed by atoms with Gasteiger partial charge in [-0.2, -0.15) is 0 Å². The van der Waals surface area contributed by atoms with E-state index < -0.39 is 0 Å². The van der Waals surface area contributed by atoms with E-state index in [0.717, 1.165) is 5.92 Å². The molecule has 1 atom stereocenters. The second-order valence-electron chi connectivity index (χ2n) is 7.87. The Hall–Kier alpha value is -1.56. The van der Waals surface area contributed by atoms with Crippen molar-refractivity contribution in [2.45, 2.75) is 78.1 Å². The van der Waals surface area contributed by atoms with E-state index in [1.54, 1.807) is 5.57 Å². The molecule has 25 heavy (non-hydrogen) atoms. The maximum atomic E-state index is 2.53. The highest BCUT2D eigenvalue weighted by molar-refractivity contribution is 5.87. The van der Waals surface area contributed by atoms with Gasteiger partial charge in [0.15, 0.2) is 0 Å². The Labute approximate surface area is 154 Å². The molecule has 0 fully saturated rings. The van der Waals surface area contributed by atoms with Gasteiger partial charge in [0, 0.05) is 0 Å². The highest BCUT2D eigenvalue weighted by Crippen LogP contribution is 2.34. The van der Waals surface area contributed by atoms with Crippen molar-refractivity contribution in [1.82, 2.24) is 0 Å². The van der Waals surface area contributed by atoms with Crippen LogP contribution in [0.25, 0.3) is 16.3 Å². The minimum Gasteiger partial charge on any atom is -0.0804 e. The summed E-state index contributed by atoms with van der Waals surface area (Å²) in [6, 6.07) is 14.0. The van der Waals surface area contributed by atoms with Crippen molar-refractivity contribution in [1.29, 1.82) is 0 Å². The fraction of sp³-hybridized carbons (Fsp3) is 0.520. The monoisotopic (exact) mass is 334 g/mol. The average Bonchev–Trinajstić information content (AvgIpc) is 2.66. The Morgan fingerprint density at radius 2 is 1.72 bits per heavy atom. The van der Waals surface area contributed by atoms with Gasteiger partial charge in [-0.3, -0.25) is 0 Å². The lowest BCUT2D eigenvalue weighted by atomic mass is 9.83. The van der Waals surface area contributed by atoms with Gasteiger partial charge in [-0.25, -0.2) is 0 Å². The predicted octanol–water partition coefficient (Wildman–Crippen LogP) is 7.95. The third-order valence-corrected chi connectivity index (χ3v) is 5.80. The fourth-order valence-corrected chi connectivity index (χ4v) is 4.21. The summed E-state index contributed by atoms with van der Waals surface area (Å²) in [5, 5.41) is 2.78.